The molecule has 15 heavy (non-hydrogen) atoms. The molecule has 0 spiro atoms. The highest BCUT2D eigenvalue weighted by Crippen LogP contribution is 2.08. The average Bonchev–Trinajstić information content (AvgIpc) is 2.20. The van der Waals surface area contributed by atoms with Crippen LogP contribution in [-0.4, -0.2) is 25.2 Å². The highest BCUT2D eigenvalue weighted by molar-refractivity contribution is 7.93. The number of nitrogens with two attached hydrogens (primary N) is 1. The minimum absolute atomic E-state index is 0.0845. The summed E-state index contributed by atoms with van der Waals surface area (Å²) in [7, 11) is -3.41. The predicted molar refractivity (Wildman–Crippen MR) is 60.0 cm³/mol. The normalized spacial score (nSPS) is 13.5. The largest absolute Gasteiger partial charge is 0.329 e. The van der Waals surface area contributed by atoms with Crippen molar-refractivity contribution in [2.45, 2.75) is 19.1 Å². The van der Waals surface area contributed by atoms with Gasteiger partial charge in [-0.2, -0.15) is 0 Å². The molecule has 1 aromatic heterocycles. The summed E-state index contributed by atoms with van der Waals surface area (Å²) in [6.45, 7) is 3.52. The molecule has 1 aromatic rings. The lowest BCUT2D eigenvalue weighted by atomic mass is 10.3. The fraction of sp³-hybridized carbons (Fsp3) is 0.444. The van der Waals surface area contributed by atoms with Crippen molar-refractivity contribution in [3.8, 4) is 0 Å². The van der Waals surface area contributed by atoms with Crippen LogP contribution in [-0.2, 0) is 10.0 Å². The fourth-order valence-electron chi connectivity index (χ4n) is 0.901. The van der Waals surface area contributed by atoms with Crippen molar-refractivity contribution in [3.05, 3.63) is 23.9 Å². The van der Waals surface area contributed by atoms with E-state index >= 15 is 0 Å². The lowest BCUT2D eigenvalue weighted by Crippen LogP contribution is -2.31. The molecule has 3 N–H and O–H groups in total. The van der Waals surface area contributed by atoms with Crippen LogP contribution in [0, 0.1) is 6.92 Å². The Hall–Kier alpha value is -1.14. The molecule has 1 atom stereocenters. The van der Waals surface area contributed by atoms with E-state index in [1.54, 1.807) is 25.3 Å². The Morgan fingerprint density at radius 2 is 2.20 bits per heavy atom. The quantitative estimate of drug-likeness (QED) is 0.786. The van der Waals surface area contributed by atoms with Crippen molar-refractivity contribution in [1.82, 2.24) is 4.98 Å². The van der Waals surface area contributed by atoms with Crippen molar-refractivity contribution in [1.29, 1.82) is 0 Å². The number of hydrogen-bond donors (Lipinski definition) is 2. The third-order valence-electron chi connectivity index (χ3n) is 2.02. The second kappa shape index (κ2) is 4.59. The summed E-state index contributed by atoms with van der Waals surface area (Å²) in [4.78, 5) is 3.95. The van der Waals surface area contributed by atoms with Crippen LogP contribution < -0.4 is 10.5 Å². The van der Waals surface area contributed by atoms with Gasteiger partial charge in [0.15, 0.2) is 0 Å². The summed E-state index contributed by atoms with van der Waals surface area (Å²) in [5.41, 5.74) is 6.27. The maximum atomic E-state index is 11.6. The molecule has 1 rings (SSSR count). The molecule has 0 aromatic carbocycles. The molecule has 0 radical (unpaired) electrons. The summed E-state index contributed by atoms with van der Waals surface area (Å²) in [6.07, 6.45) is 1.60. The maximum Gasteiger partial charge on any atom is 0.237 e. The molecule has 1 heterocycles. The Bertz CT molecular complexity index is 413. The monoisotopic (exact) mass is 229 g/mol. The molecule has 5 nitrogen and oxygen atoms in total. The smallest absolute Gasteiger partial charge is 0.237 e. The number of hydrogen-bond acceptors (Lipinski definition) is 4. The first kappa shape index (κ1) is 11.9. The van der Waals surface area contributed by atoms with Crippen LogP contribution in [0.25, 0.3) is 0 Å². The Labute approximate surface area is 89.8 Å². The van der Waals surface area contributed by atoms with E-state index in [1.807, 2.05) is 6.92 Å². The maximum absolute atomic E-state index is 11.6. The Balaban J connectivity index is 2.82. The Morgan fingerprint density at radius 1 is 1.53 bits per heavy atom. The number of anilines is 1. The van der Waals surface area contributed by atoms with E-state index in [0.29, 0.717) is 5.82 Å². The van der Waals surface area contributed by atoms with Gasteiger partial charge in [0.25, 0.3) is 0 Å². The van der Waals surface area contributed by atoms with Crippen molar-refractivity contribution < 1.29 is 8.42 Å². The van der Waals surface area contributed by atoms with Gasteiger partial charge in [-0.25, -0.2) is 13.4 Å². The lowest BCUT2D eigenvalue weighted by molar-refractivity contribution is 0.589. The zero-order valence-electron chi connectivity index (χ0n) is 8.77. The molecule has 0 fully saturated rings. The van der Waals surface area contributed by atoms with Crippen LogP contribution in [0.15, 0.2) is 18.3 Å². The molecule has 0 aliphatic heterocycles. The van der Waals surface area contributed by atoms with E-state index in [9.17, 15) is 8.42 Å². The first-order valence-electron chi connectivity index (χ1n) is 4.60. The van der Waals surface area contributed by atoms with Gasteiger partial charge in [-0.15, -0.1) is 0 Å². The van der Waals surface area contributed by atoms with Crippen LogP contribution in [0.5, 0.6) is 0 Å². The zero-order valence-corrected chi connectivity index (χ0v) is 9.58. The number of rotatable bonds is 4. The van der Waals surface area contributed by atoms with E-state index in [1.165, 1.54) is 0 Å². The predicted octanol–water partition coefficient (Wildman–Crippen LogP) is 0.479. The standard InChI is InChI=1S/C9H15N3O2S/c1-7-3-4-9(11-6-7)12-15(13,14)8(2)5-10/h3-4,6,8H,5,10H2,1-2H3,(H,11,12). The van der Waals surface area contributed by atoms with Gasteiger partial charge < -0.3 is 5.73 Å². The molecule has 84 valence electrons. The SMILES string of the molecule is Cc1ccc(NS(=O)(=O)C(C)CN)nc1. The highest BCUT2D eigenvalue weighted by Gasteiger charge is 2.19. The summed E-state index contributed by atoms with van der Waals surface area (Å²) >= 11 is 0. The van der Waals surface area contributed by atoms with Crippen molar-refractivity contribution in [2.75, 3.05) is 11.3 Å². The minimum atomic E-state index is -3.41. The van der Waals surface area contributed by atoms with Crippen LogP contribution >= 0.6 is 0 Å². The topological polar surface area (TPSA) is 85.1 Å². The van der Waals surface area contributed by atoms with Crippen LogP contribution in [0.2, 0.25) is 0 Å². The molecule has 0 saturated heterocycles. The van der Waals surface area contributed by atoms with Gasteiger partial charge in [-0.05, 0) is 25.5 Å². The van der Waals surface area contributed by atoms with Crippen molar-refractivity contribution in [3.63, 3.8) is 0 Å². The summed E-state index contributed by atoms with van der Waals surface area (Å²) < 4.78 is 25.5. The van der Waals surface area contributed by atoms with Gasteiger partial charge in [0.2, 0.25) is 10.0 Å². The first-order valence-corrected chi connectivity index (χ1v) is 6.14. The van der Waals surface area contributed by atoms with Crippen LogP contribution in [0.3, 0.4) is 0 Å². The van der Waals surface area contributed by atoms with E-state index in [-0.39, 0.29) is 6.54 Å². The van der Waals surface area contributed by atoms with E-state index in [0.717, 1.165) is 5.56 Å². The van der Waals surface area contributed by atoms with Gasteiger partial charge in [-0.1, -0.05) is 6.07 Å². The van der Waals surface area contributed by atoms with E-state index in [4.69, 9.17) is 5.73 Å². The second-order valence-corrected chi connectivity index (χ2v) is 5.51. The van der Waals surface area contributed by atoms with Gasteiger partial charge in [-0.3, -0.25) is 4.72 Å². The summed E-state index contributed by atoms with van der Waals surface area (Å²) in [6, 6.07) is 3.41. The Morgan fingerprint density at radius 3 is 2.67 bits per heavy atom. The molecule has 6 heteroatoms. The molecule has 0 saturated carbocycles. The van der Waals surface area contributed by atoms with Crippen LogP contribution in [0.4, 0.5) is 5.82 Å². The fourth-order valence-corrected chi connectivity index (χ4v) is 1.77. The summed E-state index contributed by atoms with van der Waals surface area (Å²) in [5, 5.41) is -0.624. The number of aryl methyl sites for hydroxylation is 1. The Kier molecular flexibility index (Phi) is 3.65. The van der Waals surface area contributed by atoms with E-state index in [2.05, 4.69) is 9.71 Å². The number of nitrogens with one attached hydrogen (secondary N) is 1. The molecular weight excluding hydrogens is 214 g/mol. The van der Waals surface area contributed by atoms with Gasteiger partial charge in [0, 0.05) is 12.7 Å². The zero-order chi connectivity index (χ0) is 11.5. The minimum Gasteiger partial charge on any atom is -0.329 e. The number of pyridine rings is 1. The number of nitrogens with zero attached hydrogens (tertiary/aromatic N) is 1. The lowest BCUT2D eigenvalue weighted by Gasteiger charge is -2.11. The van der Waals surface area contributed by atoms with Crippen molar-refractivity contribution in [2.24, 2.45) is 5.73 Å². The molecule has 0 bridgehead atoms. The molecular formula is C9H15N3O2S. The van der Waals surface area contributed by atoms with Gasteiger partial charge in [0.05, 0.1) is 5.25 Å². The van der Waals surface area contributed by atoms with Gasteiger partial charge >= 0.3 is 0 Å². The van der Waals surface area contributed by atoms with Crippen molar-refractivity contribution >= 4 is 15.8 Å². The molecule has 1 unspecified atom stereocenters. The van der Waals surface area contributed by atoms with Crippen LogP contribution in [0.1, 0.15) is 12.5 Å². The molecule has 0 aliphatic carbocycles. The van der Waals surface area contributed by atoms with Gasteiger partial charge in [0.1, 0.15) is 5.82 Å². The third kappa shape index (κ3) is 3.17. The first-order chi connectivity index (χ1) is 6.95. The van der Waals surface area contributed by atoms with E-state index < -0.39 is 15.3 Å². The summed E-state index contributed by atoms with van der Waals surface area (Å²) in [5.74, 6) is 0.320. The molecule has 0 amide bonds. The second-order valence-electron chi connectivity index (χ2n) is 3.41. The third-order valence-corrected chi connectivity index (χ3v) is 3.77. The highest BCUT2D eigenvalue weighted by atomic mass is 32.2. The number of sulfonamides is 1. The number of aromatic nitrogens is 1. The average molecular weight is 229 g/mol. The molecule has 0 aliphatic rings.